The SMILES string of the molecule is Cc1ccc(CNCc2ccc(CC(C)C)cc2)o1. The molecule has 0 fully saturated rings. The summed E-state index contributed by atoms with van der Waals surface area (Å²) in [6.45, 7) is 8.13. The Labute approximate surface area is 115 Å². The molecule has 1 N–H and O–H groups in total. The molecule has 1 aromatic carbocycles. The van der Waals surface area contributed by atoms with Crippen molar-refractivity contribution < 1.29 is 4.42 Å². The first-order valence-electron chi connectivity index (χ1n) is 6.97. The maximum absolute atomic E-state index is 5.52. The maximum atomic E-state index is 5.52. The number of furan rings is 1. The highest BCUT2D eigenvalue weighted by Crippen LogP contribution is 2.10. The van der Waals surface area contributed by atoms with Gasteiger partial charge in [0.2, 0.25) is 0 Å². The Morgan fingerprint density at radius 1 is 0.947 bits per heavy atom. The van der Waals surface area contributed by atoms with Crippen molar-refractivity contribution in [2.75, 3.05) is 0 Å². The fourth-order valence-corrected chi connectivity index (χ4v) is 2.17. The lowest BCUT2D eigenvalue weighted by Gasteiger charge is -2.07. The zero-order valence-electron chi connectivity index (χ0n) is 12.1. The summed E-state index contributed by atoms with van der Waals surface area (Å²) < 4.78 is 5.52. The lowest BCUT2D eigenvalue weighted by molar-refractivity contribution is 0.461. The monoisotopic (exact) mass is 257 g/mol. The summed E-state index contributed by atoms with van der Waals surface area (Å²) in [7, 11) is 0. The predicted molar refractivity (Wildman–Crippen MR) is 79.0 cm³/mol. The summed E-state index contributed by atoms with van der Waals surface area (Å²) in [6, 6.07) is 12.9. The first-order chi connectivity index (χ1) is 9.13. The largest absolute Gasteiger partial charge is 0.465 e. The van der Waals surface area contributed by atoms with Gasteiger partial charge in [-0.15, -0.1) is 0 Å². The van der Waals surface area contributed by atoms with E-state index in [4.69, 9.17) is 4.42 Å². The van der Waals surface area contributed by atoms with E-state index in [1.165, 1.54) is 11.1 Å². The van der Waals surface area contributed by atoms with Gasteiger partial charge in [-0.25, -0.2) is 0 Å². The van der Waals surface area contributed by atoms with E-state index < -0.39 is 0 Å². The van der Waals surface area contributed by atoms with Crippen molar-refractivity contribution in [1.82, 2.24) is 5.32 Å². The summed E-state index contributed by atoms with van der Waals surface area (Å²) in [4.78, 5) is 0. The Balaban J connectivity index is 1.79. The summed E-state index contributed by atoms with van der Waals surface area (Å²) >= 11 is 0. The molecule has 102 valence electrons. The Morgan fingerprint density at radius 2 is 1.63 bits per heavy atom. The second-order valence-electron chi connectivity index (χ2n) is 5.53. The molecule has 1 aromatic heterocycles. The molecule has 1 heterocycles. The number of aryl methyl sites for hydroxylation is 1. The van der Waals surface area contributed by atoms with Crippen molar-refractivity contribution in [3.8, 4) is 0 Å². The average molecular weight is 257 g/mol. The van der Waals surface area contributed by atoms with Crippen molar-refractivity contribution in [2.45, 2.75) is 40.3 Å². The third-order valence-corrected chi connectivity index (χ3v) is 3.09. The van der Waals surface area contributed by atoms with E-state index >= 15 is 0 Å². The van der Waals surface area contributed by atoms with Crippen LogP contribution in [0.4, 0.5) is 0 Å². The van der Waals surface area contributed by atoms with Crippen LogP contribution in [0, 0.1) is 12.8 Å². The first-order valence-corrected chi connectivity index (χ1v) is 6.97. The Morgan fingerprint density at radius 3 is 2.21 bits per heavy atom. The maximum Gasteiger partial charge on any atom is 0.117 e. The molecule has 0 radical (unpaired) electrons. The van der Waals surface area contributed by atoms with Crippen LogP contribution in [0.1, 0.15) is 36.5 Å². The molecular formula is C17H23NO. The number of rotatable bonds is 6. The summed E-state index contributed by atoms with van der Waals surface area (Å²) in [5.74, 6) is 2.68. The van der Waals surface area contributed by atoms with Gasteiger partial charge >= 0.3 is 0 Å². The van der Waals surface area contributed by atoms with Gasteiger partial charge in [-0.05, 0) is 42.5 Å². The van der Waals surface area contributed by atoms with E-state index in [0.29, 0.717) is 5.92 Å². The second-order valence-corrected chi connectivity index (χ2v) is 5.53. The van der Waals surface area contributed by atoms with Gasteiger partial charge in [0.15, 0.2) is 0 Å². The molecule has 2 heteroatoms. The Hall–Kier alpha value is -1.54. The first kappa shape index (κ1) is 13.9. The van der Waals surface area contributed by atoms with E-state index in [1.807, 2.05) is 19.1 Å². The lowest BCUT2D eigenvalue weighted by atomic mass is 10.0. The van der Waals surface area contributed by atoms with Gasteiger partial charge in [-0.3, -0.25) is 0 Å². The molecule has 0 bridgehead atoms. The quantitative estimate of drug-likeness (QED) is 0.843. The van der Waals surface area contributed by atoms with Crippen molar-refractivity contribution in [1.29, 1.82) is 0 Å². The minimum atomic E-state index is 0.714. The molecule has 0 saturated heterocycles. The molecule has 2 rings (SSSR count). The number of hydrogen-bond acceptors (Lipinski definition) is 2. The molecule has 0 atom stereocenters. The number of nitrogens with one attached hydrogen (secondary N) is 1. The van der Waals surface area contributed by atoms with Gasteiger partial charge in [0, 0.05) is 6.54 Å². The highest BCUT2D eigenvalue weighted by Gasteiger charge is 2.00. The molecule has 0 spiro atoms. The molecule has 0 aliphatic carbocycles. The normalized spacial score (nSPS) is 11.2. The lowest BCUT2D eigenvalue weighted by Crippen LogP contribution is -2.12. The van der Waals surface area contributed by atoms with Crippen molar-refractivity contribution in [3.63, 3.8) is 0 Å². The minimum absolute atomic E-state index is 0.714. The fraction of sp³-hybridized carbons (Fsp3) is 0.412. The zero-order valence-corrected chi connectivity index (χ0v) is 12.1. The van der Waals surface area contributed by atoms with Gasteiger partial charge in [0.1, 0.15) is 11.5 Å². The van der Waals surface area contributed by atoms with E-state index in [1.54, 1.807) is 0 Å². The Bertz CT molecular complexity index is 496. The van der Waals surface area contributed by atoms with E-state index in [2.05, 4.69) is 43.4 Å². The molecular weight excluding hydrogens is 234 g/mol. The van der Waals surface area contributed by atoms with Crippen molar-refractivity contribution in [3.05, 3.63) is 59.0 Å². The predicted octanol–water partition coefficient (Wildman–Crippen LogP) is 4.08. The second kappa shape index (κ2) is 6.58. The van der Waals surface area contributed by atoms with Crippen LogP contribution in [-0.2, 0) is 19.5 Å². The van der Waals surface area contributed by atoms with Crippen LogP contribution < -0.4 is 5.32 Å². The highest BCUT2D eigenvalue weighted by atomic mass is 16.3. The summed E-state index contributed by atoms with van der Waals surface area (Å²) in [5.41, 5.74) is 2.73. The van der Waals surface area contributed by atoms with Crippen LogP contribution >= 0.6 is 0 Å². The Kier molecular flexibility index (Phi) is 4.80. The molecule has 19 heavy (non-hydrogen) atoms. The molecule has 2 aromatic rings. The minimum Gasteiger partial charge on any atom is -0.465 e. The third-order valence-electron chi connectivity index (χ3n) is 3.09. The average Bonchev–Trinajstić information content (AvgIpc) is 2.77. The van der Waals surface area contributed by atoms with Gasteiger partial charge in [-0.1, -0.05) is 38.1 Å². The molecule has 0 amide bonds. The smallest absolute Gasteiger partial charge is 0.117 e. The van der Waals surface area contributed by atoms with Gasteiger partial charge in [0.25, 0.3) is 0 Å². The van der Waals surface area contributed by atoms with Gasteiger partial charge < -0.3 is 9.73 Å². The molecule has 0 unspecified atom stereocenters. The van der Waals surface area contributed by atoms with E-state index in [9.17, 15) is 0 Å². The number of benzene rings is 1. The fourth-order valence-electron chi connectivity index (χ4n) is 2.17. The molecule has 2 nitrogen and oxygen atoms in total. The van der Waals surface area contributed by atoms with Gasteiger partial charge in [0.05, 0.1) is 6.54 Å². The van der Waals surface area contributed by atoms with Crippen LogP contribution in [0.25, 0.3) is 0 Å². The number of hydrogen-bond donors (Lipinski definition) is 1. The summed E-state index contributed by atoms with van der Waals surface area (Å²) in [5, 5.41) is 3.40. The van der Waals surface area contributed by atoms with E-state index in [-0.39, 0.29) is 0 Å². The third kappa shape index (κ3) is 4.56. The van der Waals surface area contributed by atoms with Crippen molar-refractivity contribution in [2.24, 2.45) is 5.92 Å². The van der Waals surface area contributed by atoms with Crippen LogP contribution in [0.3, 0.4) is 0 Å². The standard InChI is InChI=1S/C17H23NO/c1-13(2)10-15-5-7-16(8-6-15)11-18-12-17-9-4-14(3)19-17/h4-9,13,18H,10-12H2,1-3H3. The topological polar surface area (TPSA) is 25.2 Å². The van der Waals surface area contributed by atoms with Crippen LogP contribution in [0.5, 0.6) is 0 Å². The molecule has 0 aliphatic heterocycles. The highest BCUT2D eigenvalue weighted by molar-refractivity contribution is 5.22. The van der Waals surface area contributed by atoms with Gasteiger partial charge in [-0.2, -0.15) is 0 Å². The molecule has 0 aliphatic rings. The van der Waals surface area contributed by atoms with E-state index in [0.717, 1.165) is 31.0 Å². The zero-order chi connectivity index (χ0) is 13.7. The summed E-state index contributed by atoms with van der Waals surface area (Å²) in [6.07, 6.45) is 1.15. The van der Waals surface area contributed by atoms with Crippen molar-refractivity contribution >= 4 is 0 Å². The van der Waals surface area contributed by atoms with Crippen LogP contribution in [0.2, 0.25) is 0 Å². The van der Waals surface area contributed by atoms with Crippen LogP contribution in [0.15, 0.2) is 40.8 Å². The van der Waals surface area contributed by atoms with Crippen LogP contribution in [-0.4, -0.2) is 0 Å². The molecule has 0 saturated carbocycles.